The third kappa shape index (κ3) is 3.92. The molecular weight excluding hydrogens is 280 g/mol. The minimum Gasteiger partial charge on any atom is -0.465 e. The van der Waals surface area contributed by atoms with Crippen LogP contribution in [0.25, 0.3) is 0 Å². The summed E-state index contributed by atoms with van der Waals surface area (Å²) >= 11 is 1.15. The van der Waals surface area contributed by atoms with E-state index >= 15 is 0 Å². The SMILES string of the molecule is COC(=O)c1sccc1NC(=O)C(=CN(C)C)C(C)=O. The molecule has 0 aliphatic heterocycles. The second-order valence-corrected chi connectivity index (χ2v) is 5.09. The van der Waals surface area contributed by atoms with E-state index in [9.17, 15) is 14.4 Å². The average Bonchev–Trinajstić information content (AvgIpc) is 2.82. The topological polar surface area (TPSA) is 75.7 Å². The number of methoxy groups -OCH3 is 1. The number of ether oxygens (including phenoxy) is 1. The smallest absolute Gasteiger partial charge is 0.350 e. The first-order valence-electron chi connectivity index (χ1n) is 5.73. The Hall–Kier alpha value is -2.15. The molecule has 0 spiro atoms. The van der Waals surface area contributed by atoms with E-state index in [4.69, 9.17) is 0 Å². The predicted molar refractivity (Wildman–Crippen MR) is 76.7 cm³/mol. The van der Waals surface area contributed by atoms with Crippen molar-refractivity contribution in [3.8, 4) is 0 Å². The molecule has 0 aromatic carbocycles. The van der Waals surface area contributed by atoms with Crippen molar-refractivity contribution in [2.75, 3.05) is 26.5 Å². The van der Waals surface area contributed by atoms with E-state index in [1.807, 2.05) is 0 Å². The first-order chi connectivity index (χ1) is 9.36. The van der Waals surface area contributed by atoms with E-state index in [-0.39, 0.29) is 16.2 Å². The molecule has 0 saturated heterocycles. The largest absolute Gasteiger partial charge is 0.465 e. The van der Waals surface area contributed by atoms with Gasteiger partial charge in [0.25, 0.3) is 5.91 Å². The van der Waals surface area contributed by atoms with Gasteiger partial charge in [-0.1, -0.05) is 0 Å². The Bertz CT molecular complexity index is 560. The standard InChI is InChI=1S/C13H16N2O4S/c1-8(16)9(7-15(2)3)12(17)14-10-5-6-20-11(10)13(18)19-4/h5-7H,1-4H3,(H,14,17). The number of carbonyl (C=O) groups excluding carboxylic acids is 3. The molecule has 0 saturated carbocycles. The first kappa shape index (κ1) is 15.9. The van der Waals surface area contributed by atoms with Crippen molar-refractivity contribution in [3.05, 3.63) is 28.1 Å². The fourth-order valence-electron chi connectivity index (χ4n) is 1.42. The molecular formula is C13H16N2O4S. The van der Waals surface area contributed by atoms with Gasteiger partial charge in [-0.3, -0.25) is 9.59 Å². The number of hydrogen-bond acceptors (Lipinski definition) is 6. The first-order valence-corrected chi connectivity index (χ1v) is 6.61. The Balaban J connectivity index is 2.98. The van der Waals surface area contributed by atoms with Gasteiger partial charge >= 0.3 is 5.97 Å². The molecule has 20 heavy (non-hydrogen) atoms. The lowest BCUT2D eigenvalue weighted by atomic mass is 10.2. The summed E-state index contributed by atoms with van der Waals surface area (Å²) in [5.74, 6) is -1.45. The molecule has 1 N–H and O–H groups in total. The molecule has 1 aromatic heterocycles. The number of nitrogens with one attached hydrogen (secondary N) is 1. The van der Waals surface area contributed by atoms with Gasteiger partial charge < -0.3 is 15.0 Å². The van der Waals surface area contributed by atoms with Crippen molar-refractivity contribution in [3.63, 3.8) is 0 Å². The highest BCUT2D eigenvalue weighted by molar-refractivity contribution is 7.12. The van der Waals surface area contributed by atoms with Crippen molar-refractivity contribution in [1.29, 1.82) is 0 Å². The van der Waals surface area contributed by atoms with E-state index in [1.54, 1.807) is 30.4 Å². The predicted octanol–water partition coefficient (Wildman–Crippen LogP) is 1.51. The summed E-state index contributed by atoms with van der Waals surface area (Å²) in [6.45, 7) is 1.31. The molecule has 1 rings (SSSR count). The van der Waals surface area contributed by atoms with Crippen LogP contribution in [-0.2, 0) is 14.3 Å². The zero-order valence-electron chi connectivity index (χ0n) is 11.7. The monoisotopic (exact) mass is 296 g/mol. The number of hydrogen-bond donors (Lipinski definition) is 1. The number of thiophene rings is 1. The summed E-state index contributed by atoms with van der Waals surface area (Å²) in [5, 5.41) is 4.21. The molecule has 7 heteroatoms. The zero-order valence-corrected chi connectivity index (χ0v) is 12.5. The Kier molecular flexibility index (Phi) is 5.45. The second kappa shape index (κ2) is 6.85. The Morgan fingerprint density at radius 2 is 2.00 bits per heavy atom. The fraction of sp³-hybridized carbons (Fsp3) is 0.308. The highest BCUT2D eigenvalue weighted by Crippen LogP contribution is 2.23. The van der Waals surface area contributed by atoms with Crippen LogP contribution in [-0.4, -0.2) is 43.8 Å². The van der Waals surface area contributed by atoms with Crippen molar-refractivity contribution >= 4 is 34.7 Å². The number of rotatable bonds is 5. The molecule has 1 aromatic rings. The van der Waals surface area contributed by atoms with Crippen LogP contribution in [0.3, 0.4) is 0 Å². The van der Waals surface area contributed by atoms with E-state index in [0.29, 0.717) is 5.69 Å². The van der Waals surface area contributed by atoms with E-state index in [2.05, 4.69) is 10.1 Å². The summed E-state index contributed by atoms with van der Waals surface area (Å²) in [5.41, 5.74) is 0.342. The normalized spacial score (nSPS) is 10.9. The number of Topliss-reactive ketones (excluding diaryl/α,β-unsaturated/α-hetero) is 1. The van der Waals surface area contributed by atoms with Gasteiger partial charge in [-0.25, -0.2) is 4.79 Å². The maximum Gasteiger partial charge on any atom is 0.350 e. The van der Waals surface area contributed by atoms with Gasteiger partial charge in [-0.05, 0) is 18.4 Å². The molecule has 1 heterocycles. The lowest BCUT2D eigenvalue weighted by Crippen LogP contribution is -2.22. The molecule has 6 nitrogen and oxygen atoms in total. The summed E-state index contributed by atoms with van der Waals surface area (Å²) in [6.07, 6.45) is 1.43. The van der Waals surface area contributed by atoms with Crippen molar-refractivity contribution in [2.24, 2.45) is 0 Å². The molecule has 108 valence electrons. The average molecular weight is 296 g/mol. The molecule has 0 bridgehead atoms. The fourth-order valence-corrected chi connectivity index (χ4v) is 2.18. The van der Waals surface area contributed by atoms with Crippen molar-refractivity contribution in [1.82, 2.24) is 4.90 Å². The summed E-state index contributed by atoms with van der Waals surface area (Å²) in [6, 6.07) is 1.59. The van der Waals surface area contributed by atoms with Gasteiger partial charge in [0.1, 0.15) is 4.88 Å². The van der Waals surface area contributed by atoms with Crippen molar-refractivity contribution < 1.29 is 19.1 Å². The number of carbonyl (C=O) groups is 3. The minimum absolute atomic E-state index is 0.0111. The van der Waals surface area contributed by atoms with Crippen molar-refractivity contribution in [2.45, 2.75) is 6.92 Å². The maximum atomic E-state index is 12.1. The molecule has 0 fully saturated rings. The van der Waals surface area contributed by atoms with Gasteiger partial charge in [-0.2, -0.15) is 0 Å². The quantitative estimate of drug-likeness (QED) is 0.386. The number of nitrogens with zero attached hydrogens (tertiary/aromatic N) is 1. The van der Waals surface area contributed by atoms with Gasteiger partial charge in [0.15, 0.2) is 5.78 Å². The van der Waals surface area contributed by atoms with Crippen LogP contribution in [0.1, 0.15) is 16.6 Å². The molecule has 0 radical (unpaired) electrons. The van der Waals surface area contributed by atoms with Crippen LogP contribution in [0, 0.1) is 0 Å². The Morgan fingerprint density at radius 1 is 1.35 bits per heavy atom. The lowest BCUT2D eigenvalue weighted by molar-refractivity contribution is -0.119. The number of anilines is 1. The van der Waals surface area contributed by atoms with Gasteiger partial charge in [-0.15, -0.1) is 11.3 Å². The van der Waals surface area contributed by atoms with E-state index in [0.717, 1.165) is 11.3 Å². The number of esters is 1. The zero-order chi connectivity index (χ0) is 15.3. The highest BCUT2D eigenvalue weighted by atomic mass is 32.1. The summed E-state index contributed by atoms with van der Waals surface area (Å²) < 4.78 is 4.62. The Labute approximate surface area is 121 Å². The summed E-state index contributed by atoms with van der Waals surface area (Å²) in [4.78, 5) is 36.9. The highest BCUT2D eigenvalue weighted by Gasteiger charge is 2.19. The van der Waals surface area contributed by atoms with Gasteiger partial charge in [0.2, 0.25) is 0 Å². The third-order valence-electron chi connectivity index (χ3n) is 2.30. The lowest BCUT2D eigenvalue weighted by Gasteiger charge is -2.10. The van der Waals surface area contributed by atoms with Crippen LogP contribution in [0.15, 0.2) is 23.2 Å². The molecule has 0 atom stereocenters. The summed E-state index contributed by atoms with van der Waals surface area (Å²) in [7, 11) is 4.68. The third-order valence-corrected chi connectivity index (χ3v) is 3.19. The van der Waals surface area contributed by atoms with E-state index < -0.39 is 11.9 Å². The van der Waals surface area contributed by atoms with Crippen LogP contribution >= 0.6 is 11.3 Å². The van der Waals surface area contributed by atoms with Gasteiger partial charge in [0, 0.05) is 20.3 Å². The Morgan fingerprint density at radius 3 is 2.50 bits per heavy atom. The van der Waals surface area contributed by atoms with Crippen LogP contribution in [0.5, 0.6) is 0 Å². The van der Waals surface area contributed by atoms with Crippen LogP contribution in [0.4, 0.5) is 5.69 Å². The molecule has 0 aliphatic carbocycles. The van der Waals surface area contributed by atoms with Crippen LogP contribution in [0.2, 0.25) is 0 Å². The number of ketones is 1. The maximum absolute atomic E-state index is 12.1. The van der Waals surface area contributed by atoms with Gasteiger partial charge in [0.05, 0.1) is 18.4 Å². The molecule has 1 amide bonds. The van der Waals surface area contributed by atoms with E-state index in [1.165, 1.54) is 20.2 Å². The minimum atomic E-state index is -0.560. The molecule has 0 unspecified atom stereocenters. The molecule has 0 aliphatic rings. The second-order valence-electron chi connectivity index (χ2n) is 4.17. The number of amides is 1. The van der Waals surface area contributed by atoms with Crippen LogP contribution < -0.4 is 5.32 Å².